The Morgan fingerprint density at radius 2 is 0.735 bits per heavy atom. The van der Waals surface area contributed by atoms with Gasteiger partial charge < -0.3 is 0 Å². The highest BCUT2D eigenvalue weighted by Gasteiger charge is 2.20. The molecule has 34 heavy (non-hydrogen) atoms. The Kier molecular flexibility index (Phi) is 5.24. The summed E-state index contributed by atoms with van der Waals surface area (Å²) >= 11 is 0. The summed E-state index contributed by atoms with van der Waals surface area (Å²) in [4.78, 5) is 20.2. The molecular weight excluding hydrogens is 449 g/mol. The molecule has 0 atom stereocenters. The van der Waals surface area contributed by atoms with Crippen molar-refractivity contribution in [1.82, 2.24) is 19.9 Å². The SMILES string of the molecule is C[Si](C)(C)C#Cc1c2nc3ccccc3nc2c(C#C[Si](C)(C)C)c2nc3ccccc3nc12. The zero-order chi connectivity index (χ0) is 24.1. The van der Waals surface area contributed by atoms with Crippen LogP contribution < -0.4 is 0 Å². The van der Waals surface area contributed by atoms with Crippen molar-refractivity contribution >= 4 is 60.3 Å². The Balaban J connectivity index is 2.05. The number of aromatic nitrogens is 4. The van der Waals surface area contributed by atoms with Gasteiger partial charge in [0.05, 0.1) is 33.2 Å². The molecule has 0 saturated carbocycles. The van der Waals surface area contributed by atoms with Crippen LogP contribution in [-0.4, -0.2) is 36.1 Å². The molecule has 0 aliphatic rings. The molecule has 0 unspecified atom stereocenters. The third-order valence-electron chi connectivity index (χ3n) is 5.21. The van der Waals surface area contributed by atoms with E-state index in [4.69, 9.17) is 19.9 Å². The second-order valence-electron chi connectivity index (χ2n) is 10.6. The second kappa shape index (κ2) is 8.02. The van der Waals surface area contributed by atoms with Crippen LogP contribution in [0.1, 0.15) is 11.1 Å². The molecule has 0 saturated heterocycles. The topological polar surface area (TPSA) is 51.6 Å². The molecule has 6 heteroatoms. The van der Waals surface area contributed by atoms with Crippen LogP contribution in [0.25, 0.3) is 44.1 Å². The second-order valence-corrected chi connectivity index (χ2v) is 20.1. The van der Waals surface area contributed by atoms with Crippen LogP contribution in [0.15, 0.2) is 48.5 Å². The molecular formula is C28H26N4Si2. The van der Waals surface area contributed by atoms with Gasteiger partial charge >= 0.3 is 0 Å². The normalized spacial score (nSPS) is 11.9. The van der Waals surface area contributed by atoms with Gasteiger partial charge in [-0.25, -0.2) is 19.9 Å². The lowest BCUT2D eigenvalue weighted by molar-refractivity contribution is 1.35. The van der Waals surface area contributed by atoms with Crippen LogP contribution in [0.2, 0.25) is 39.3 Å². The molecule has 0 bridgehead atoms. The summed E-state index contributed by atoms with van der Waals surface area (Å²) in [5.41, 5.74) is 15.0. The highest BCUT2D eigenvalue weighted by atomic mass is 28.3. The number of fused-ring (bicyclic) bond motifs is 4. The van der Waals surface area contributed by atoms with E-state index in [0.29, 0.717) is 0 Å². The summed E-state index contributed by atoms with van der Waals surface area (Å²) in [5, 5.41) is 0. The zero-order valence-corrected chi connectivity index (χ0v) is 22.4. The smallest absolute Gasteiger partial charge is 0.129 e. The maximum Gasteiger partial charge on any atom is 0.129 e. The van der Waals surface area contributed by atoms with Gasteiger partial charge in [-0.2, -0.15) is 0 Å². The summed E-state index contributed by atoms with van der Waals surface area (Å²) in [5.74, 6) is 6.93. The third-order valence-corrected chi connectivity index (χ3v) is 6.96. The van der Waals surface area contributed by atoms with Crippen molar-refractivity contribution in [1.29, 1.82) is 0 Å². The first-order chi connectivity index (χ1) is 16.1. The molecule has 0 aliphatic carbocycles. The predicted octanol–water partition coefficient (Wildman–Crippen LogP) is 6.34. The Hall–Kier alpha value is -3.59. The molecule has 5 rings (SSSR count). The molecule has 2 aromatic heterocycles. The first kappa shape index (κ1) is 22.2. The summed E-state index contributed by atoms with van der Waals surface area (Å²) in [6.07, 6.45) is 0. The van der Waals surface area contributed by atoms with Gasteiger partial charge in [-0.05, 0) is 24.3 Å². The number of para-hydroxylation sites is 4. The maximum atomic E-state index is 5.04. The minimum Gasteiger partial charge on any atom is -0.243 e. The summed E-state index contributed by atoms with van der Waals surface area (Å²) in [6, 6.07) is 15.9. The van der Waals surface area contributed by atoms with Crippen molar-refractivity contribution in [3.63, 3.8) is 0 Å². The lowest BCUT2D eigenvalue weighted by atomic mass is 10.0. The van der Waals surface area contributed by atoms with Gasteiger partial charge in [0.1, 0.15) is 38.2 Å². The van der Waals surface area contributed by atoms with E-state index in [1.807, 2.05) is 48.5 Å². The van der Waals surface area contributed by atoms with Crippen LogP contribution in [0.4, 0.5) is 0 Å². The molecule has 166 valence electrons. The number of nitrogens with zero attached hydrogens (tertiary/aromatic N) is 4. The van der Waals surface area contributed by atoms with Crippen LogP contribution in [0.5, 0.6) is 0 Å². The van der Waals surface area contributed by atoms with E-state index >= 15 is 0 Å². The van der Waals surface area contributed by atoms with E-state index in [2.05, 4.69) is 62.2 Å². The summed E-state index contributed by atoms with van der Waals surface area (Å²) in [6.45, 7) is 13.4. The van der Waals surface area contributed by atoms with Crippen LogP contribution in [-0.2, 0) is 0 Å². The maximum absolute atomic E-state index is 5.04. The number of hydrogen-bond donors (Lipinski definition) is 0. The van der Waals surface area contributed by atoms with E-state index in [1.165, 1.54) is 0 Å². The molecule has 0 amide bonds. The van der Waals surface area contributed by atoms with Crippen molar-refractivity contribution in [2.24, 2.45) is 0 Å². The Morgan fingerprint density at radius 1 is 0.471 bits per heavy atom. The van der Waals surface area contributed by atoms with Crippen molar-refractivity contribution in [2.45, 2.75) is 39.3 Å². The van der Waals surface area contributed by atoms with Crippen LogP contribution in [0, 0.1) is 22.9 Å². The van der Waals surface area contributed by atoms with Gasteiger partial charge in [0.2, 0.25) is 0 Å². The van der Waals surface area contributed by atoms with E-state index in [0.717, 1.165) is 55.3 Å². The lowest BCUT2D eigenvalue weighted by Gasteiger charge is -2.12. The van der Waals surface area contributed by atoms with Gasteiger partial charge in [0, 0.05) is 0 Å². The van der Waals surface area contributed by atoms with Gasteiger partial charge in [-0.15, -0.1) is 11.1 Å². The molecule has 4 nitrogen and oxygen atoms in total. The number of rotatable bonds is 0. The average molecular weight is 475 g/mol. The highest BCUT2D eigenvalue weighted by molar-refractivity contribution is 6.84. The van der Waals surface area contributed by atoms with Gasteiger partial charge in [0.25, 0.3) is 0 Å². The van der Waals surface area contributed by atoms with Gasteiger partial charge in [-0.1, -0.05) is 75.4 Å². The monoisotopic (exact) mass is 474 g/mol. The van der Waals surface area contributed by atoms with Crippen LogP contribution in [0.3, 0.4) is 0 Å². The first-order valence-electron chi connectivity index (χ1n) is 11.4. The van der Waals surface area contributed by atoms with Crippen molar-refractivity contribution in [3.05, 3.63) is 59.7 Å². The van der Waals surface area contributed by atoms with Gasteiger partial charge in [-0.3, -0.25) is 0 Å². The Morgan fingerprint density at radius 3 is 0.971 bits per heavy atom. The fraction of sp³-hybridized carbons (Fsp3) is 0.214. The van der Waals surface area contributed by atoms with Crippen molar-refractivity contribution in [2.75, 3.05) is 0 Å². The van der Waals surface area contributed by atoms with E-state index < -0.39 is 16.1 Å². The van der Waals surface area contributed by atoms with Gasteiger partial charge in [0.15, 0.2) is 0 Å². The number of hydrogen-bond acceptors (Lipinski definition) is 4. The molecule has 0 spiro atoms. The lowest BCUT2D eigenvalue weighted by Crippen LogP contribution is -2.16. The highest BCUT2D eigenvalue weighted by Crippen LogP contribution is 2.31. The summed E-state index contributed by atoms with van der Waals surface area (Å²) < 4.78 is 0. The molecule has 0 fully saturated rings. The minimum absolute atomic E-state index is 0.751. The number of benzene rings is 3. The Bertz CT molecular complexity index is 1510. The molecule has 0 radical (unpaired) electrons. The predicted molar refractivity (Wildman–Crippen MR) is 148 cm³/mol. The molecule has 3 aromatic carbocycles. The van der Waals surface area contributed by atoms with E-state index in [-0.39, 0.29) is 0 Å². The first-order valence-corrected chi connectivity index (χ1v) is 18.4. The molecule has 5 aromatic rings. The molecule has 0 N–H and O–H groups in total. The fourth-order valence-electron chi connectivity index (χ4n) is 3.66. The van der Waals surface area contributed by atoms with E-state index in [1.54, 1.807) is 0 Å². The Labute approximate surface area is 201 Å². The van der Waals surface area contributed by atoms with Crippen molar-refractivity contribution < 1.29 is 0 Å². The third kappa shape index (κ3) is 4.31. The van der Waals surface area contributed by atoms with E-state index in [9.17, 15) is 0 Å². The summed E-state index contributed by atoms with van der Waals surface area (Å²) in [7, 11) is -3.31. The van der Waals surface area contributed by atoms with Crippen LogP contribution >= 0.6 is 0 Å². The minimum atomic E-state index is -1.66. The fourth-order valence-corrected chi connectivity index (χ4v) is 4.66. The zero-order valence-electron chi connectivity index (χ0n) is 20.4. The molecule has 2 heterocycles. The molecule has 0 aliphatic heterocycles. The standard InChI is InChI=1S/C28H26N4Si2/c1-33(2,3)17-15-19-25-27(31-23-13-9-7-11-21(23)29-25)20(16-18-34(4,5)6)28-26(19)30-22-12-8-10-14-24(22)32-28/h7-14H,1-6H3. The largest absolute Gasteiger partial charge is 0.243 e. The average Bonchev–Trinajstić information content (AvgIpc) is 2.77. The van der Waals surface area contributed by atoms with Crippen molar-refractivity contribution in [3.8, 4) is 22.9 Å². The quantitative estimate of drug-likeness (QED) is 0.149.